The zero-order valence-corrected chi connectivity index (χ0v) is 9.62. The van der Waals surface area contributed by atoms with Crippen molar-refractivity contribution in [3.8, 4) is 0 Å². The fourth-order valence-corrected chi connectivity index (χ4v) is 1.30. The van der Waals surface area contributed by atoms with Crippen LogP contribution < -0.4 is 0 Å². The molecule has 1 aromatic rings. The van der Waals surface area contributed by atoms with Gasteiger partial charge >= 0.3 is 11.9 Å². The third-order valence-corrected chi connectivity index (χ3v) is 2.01. The lowest BCUT2D eigenvalue weighted by Crippen LogP contribution is -2.05. The predicted molar refractivity (Wildman–Crippen MR) is 57.4 cm³/mol. The van der Waals surface area contributed by atoms with Crippen LogP contribution in [0.1, 0.15) is 40.4 Å². The SMILES string of the molecule is CCOC(=O)c1cc(C(=O)OCC)c(C)[nH]1. The maximum Gasteiger partial charge on any atom is 0.354 e. The summed E-state index contributed by atoms with van der Waals surface area (Å²) in [5.41, 5.74) is 1.23. The minimum absolute atomic E-state index is 0.266. The molecule has 0 fully saturated rings. The Labute approximate surface area is 93.7 Å². The number of rotatable bonds is 4. The number of aromatic amines is 1. The number of esters is 2. The second-order valence-corrected chi connectivity index (χ2v) is 3.16. The van der Waals surface area contributed by atoms with Crippen LogP contribution in [0.5, 0.6) is 0 Å². The molecule has 0 unspecified atom stereocenters. The largest absolute Gasteiger partial charge is 0.462 e. The molecule has 16 heavy (non-hydrogen) atoms. The molecule has 1 aromatic heterocycles. The van der Waals surface area contributed by atoms with Gasteiger partial charge in [0.1, 0.15) is 5.69 Å². The van der Waals surface area contributed by atoms with Crippen molar-refractivity contribution in [1.82, 2.24) is 4.98 Å². The molecule has 0 spiro atoms. The Morgan fingerprint density at radius 1 is 1.19 bits per heavy atom. The zero-order chi connectivity index (χ0) is 12.1. The summed E-state index contributed by atoms with van der Waals surface area (Å²) in [6, 6.07) is 1.45. The first kappa shape index (κ1) is 12.3. The predicted octanol–water partition coefficient (Wildman–Crippen LogP) is 1.68. The molecule has 0 amide bonds. The molecule has 88 valence electrons. The summed E-state index contributed by atoms with van der Waals surface area (Å²) in [5.74, 6) is -0.909. The van der Waals surface area contributed by atoms with Crippen molar-refractivity contribution in [3.05, 3.63) is 23.0 Å². The van der Waals surface area contributed by atoms with Crippen LogP contribution in [0.4, 0.5) is 0 Å². The summed E-state index contributed by atoms with van der Waals surface area (Å²) < 4.78 is 9.66. The van der Waals surface area contributed by atoms with Gasteiger partial charge in [0.25, 0.3) is 0 Å². The van der Waals surface area contributed by atoms with Crippen molar-refractivity contribution >= 4 is 11.9 Å². The average molecular weight is 225 g/mol. The Hall–Kier alpha value is -1.78. The monoisotopic (exact) mass is 225 g/mol. The molecule has 0 aromatic carbocycles. The van der Waals surface area contributed by atoms with Gasteiger partial charge in [-0.2, -0.15) is 0 Å². The molecule has 1 rings (SSSR count). The van der Waals surface area contributed by atoms with E-state index in [1.165, 1.54) is 6.07 Å². The number of carbonyl (C=O) groups excluding carboxylic acids is 2. The lowest BCUT2D eigenvalue weighted by molar-refractivity contribution is 0.0518. The molecule has 5 nitrogen and oxygen atoms in total. The summed E-state index contributed by atoms with van der Waals surface area (Å²) in [6.07, 6.45) is 0. The standard InChI is InChI=1S/C11H15NO4/c1-4-15-10(13)8-6-9(12-7(8)3)11(14)16-5-2/h6,12H,4-5H2,1-3H3. The van der Waals surface area contributed by atoms with E-state index in [2.05, 4.69) is 4.98 Å². The molecular weight excluding hydrogens is 210 g/mol. The fraction of sp³-hybridized carbons (Fsp3) is 0.455. The number of aromatic nitrogens is 1. The number of aryl methyl sites for hydroxylation is 1. The van der Waals surface area contributed by atoms with Gasteiger partial charge in [-0.25, -0.2) is 9.59 Å². The average Bonchev–Trinajstić information content (AvgIpc) is 2.61. The highest BCUT2D eigenvalue weighted by atomic mass is 16.5. The first-order valence-corrected chi connectivity index (χ1v) is 5.14. The van der Waals surface area contributed by atoms with Crippen LogP contribution in [-0.4, -0.2) is 30.1 Å². The van der Waals surface area contributed by atoms with Gasteiger partial charge in [-0.15, -0.1) is 0 Å². The van der Waals surface area contributed by atoms with E-state index in [0.717, 1.165) is 0 Å². The molecule has 0 radical (unpaired) electrons. The minimum Gasteiger partial charge on any atom is -0.462 e. The molecule has 0 aliphatic heterocycles. The first-order valence-electron chi connectivity index (χ1n) is 5.14. The number of hydrogen-bond donors (Lipinski definition) is 1. The van der Waals surface area contributed by atoms with Crippen LogP contribution >= 0.6 is 0 Å². The lowest BCUT2D eigenvalue weighted by atomic mass is 10.2. The Morgan fingerprint density at radius 3 is 2.31 bits per heavy atom. The second-order valence-electron chi connectivity index (χ2n) is 3.16. The van der Waals surface area contributed by atoms with E-state index < -0.39 is 11.9 Å². The van der Waals surface area contributed by atoms with Crippen LogP contribution in [0.2, 0.25) is 0 Å². The fourth-order valence-electron chi connectivity index (χ4n) is 1.30. The molecular formula is C11H15NO4. The Morgan fingerprint density at radius 2 is 1.75 bits per heavy atom. The Balaban J connectivity index is 2.89. The maximum absolute atomic E-state index is 11.5. The van der Waals surface area contributed by atoms with Gasteiger partial charge in [0.05, 0.1) is 18.8 Å². The molecule has 0 aliphatic rings. The number of carbonyl (C=O) groups is 2. The van der Waals surface area contributed by atoms with Crippen molar-refractivity contribution < 1.29 is 19.1 Å². The topological polar surface area (TPSA) is 68.4 Å². The zero-order valence-electron chi connectivity index (χ0n) is 9.62. The van der Waals surface area contributed by atoms with Crippen LogP contribution in [0.3, 0.4) is 0 Å². The lowest BCUT2D eigenvalue weighted by Gasteiger charge is -1.98. The Bertz CT molecular complexity index is 395. The van der Waals surface area contributed by atoms with E-state index in [4.69, 9.17) is 9.47 Å². The van der Waals surface area contributed by atoms with Crippen molar-refractivity contribution in [2.24, 2.45) is 0 Å². The molecule has 0 aliphatic carbocycles. The highest BCUT2D eigenvalue weighted by molar-refractivity contribution is 5.95. The van der Waals surface area contributed by atoms with Gasteiger partial charge < -0.3 is 14.5 Å². The summed E-state index contributed by atoms with van der Waals surface area (Å²) in [7, 11) is 0. The van der Waals surface area contributed by atoms with Crippen LogP contribution in [0.15, 0.2) is 6.07 Å². The molecule has 5 heteroatoms. The number of hydrogen-bond acceptors (Lipinski definition) is 4. The van der Waals surface area contributed by atoms with Gasteiger partial charge in [-0.3, -0.25) is 0 Å². The molecule has 0 bridgehead atoms. The molecule has 0 saturated heterocycles. The van der Waals surface area contributed by atoms with E-state index in [0.29, 0.717) is 24.5 Å². The Kier molecular flexibility index (Phi) is 4.10. The van der Waals surface area contributed by atoms with E-state index in [9.17, 15) is 9.59 Å². The smallest absolute Gasteiger partial charge is 0.354 e. The first-order chi connectivity index (χ1) is 7.60. The van der Waals surface area contributed by atoms with E-state index in [1.54, 1.807) is 20.8 Å². The number of H-pyrrole nitrogens is 1. The van der Waals surface area contributed by atoms with Crippen molar-refractivity contribution in [3.63, 3.8) is 0 Å². The highest BCUT2D eigenvalue weighted by Crippen LogP contribution is 2.12. The van der Waals surface area contributed by atoms with E-state index in [1.807, 2.05) is 0 Å². The molecule has 1 N–H and O–H groups in total. The molecule has 0 atom stereocenters. The van der Waals surface area contributed by atoms with Crippen LogP contribution in [-0.2, 0) is 9.47 Å². The summed E-state index contributed by atoms with van der Waals surface area (Å²) in [5, 5.41) is 0. The van der Waals surface area contributed by atoms with Gasteiger partial charge in [-0.05, 0) is 26.8 Å². The van der Waals surface area contributed by atoms with Crippen molar-refractivity contribution in [1.29, 1.82) is 0 Å². The quantitative estimate of drug-likeness (QED) is 0.791. The van der Waals surface area contributed by atoms with Crippen LogP contribution in [0, 0.1) is 6.92 Å². The minimum atomic E-state index is -0.471. The van der Waals surface area contributed by atoms with Gasteiger partial charge in [0, 0.05) is 5.69 Å². The van der Waals surface area contributed by atoms with Crippen molar-refractivity contribution in [2.45, 2.75) is 20.8 Å². The van der Waals surface area contributed by atoms with Gasteiger partial charge in [-0.1, -0.05) is 0 Å². The summed E-state index contributed by atoms with van der Waals surface area (Å²) in [4.78, 5) is 25.6. The van der Waals surface area contributed by atoms with Gasteiger partial charge in [0.2, 0.25) is 0 Å². The summed E-state index contributed by atoms with van der Waals surface area (Å²) in [6.45, 7) is 5.75. The van der Waals surface area contributed by atoms with E-state index in [-0.39, 0.29) is 5.69 Å². The summed E-state index contributed by atoms with van der Waals surface area (Å²) >= 11 is 0. The molecule has 0 saturated carbocycles. The third kappa shape index (κ3) is 2.62. The van der Waals surface area contributed by atoms with E-state index >= 15 is 0 Å². The third-order valence-electron chi connectivity index (χ3n) is 2.01. The van der Waals surface area contributed by atoms with Gasteiger partial charge in [0.15, 0.2) is 0 Å². The highest BCUT2D eigenvalue weighted by Gasteiger charge is 2.17. The second kappa shape index (κ2) is 5.34. The van der Waals surface area contributed by atoms with Crippen LogP contribution in [0.25, 0.3) is 0 Å². The molecule has 1 heterocycles. The number of nitrogens with one attached hydrogen (secondary N) is 1. The normalized spacial score (nSPS) is 9.94. The number of ether oxygens (including phenoxy) is 2. The maximum atomic E-state index is 11.5. The van der Waals surface area contributed by atoms with Crippen molar-refractivity contribution in [2.75, 3.05) is 13.2 Å².